The molecule has 0 radical (unpaired) electrons. The van der Waals surface area contributed by atoms with Crippen LogP contribution in [0.2, 0.25) is 10.2 Å². The Hall–Kier alpha value is -3.43. The molecule has 0 unspecified atom stereocenters. The van der Waals surface area contributed by atoms with Crippen molar-refractivity contribution < 1.29 is 36.6 Å². The molecule has 0 saturated heterocycles. The van der Waals surface area contributed by atoms with Crippen LogP contribution < -0.4 is 15.0 Å². The Bertz CT molecular complexity index is 1720. The Kier molecular flexibility index (Phi) is 6.93. The summed E-state index contributed by atoms with van der Waals surface area (Å²) in [6, 6.07) is 5.29. The maximum atomic E-state index is 14.8. The molecule has 4 aromatic rings. The molecule has 5 rings (SSSR count). The van der Waals surface area contributed by atoms with Crippen molar-refractivity contribution in [2.24, 2.45) is 0 Å². The molecule has 17 heteroatoms. The van der Waals surface area contributed by atoms with Gasteiger partial charge in [0.1, 0.15) is 23.0 Å². The van der Waals surface area contributed by atoms with Gasteiger partial charge in [-0.3, -0.25) is 14.0 Å². The lowest BCUT2D eigenvalue weighted by Gasteiger charge is -2.25. The number of hydrogen-bond acceptors (Lipinski definition) is 5. The van der Waals surface area contributed by atoms with Gasteiger partial charge >= 0.3 is 22.7 Å². The van der Waals surface area contributed by atoms with Gasteiger partial charge in [-0.15, -0.1) is 0 Å². The molecule has 0 bridgehead atoms. The number of aromatic nitrogens is 5. The van der Waals surface area contributed by atoms with Crippen molar-refractivity contribution in [3.05, 3.63) is 84.2 Å². The maximum absolute atomic E-state index is 14.8. The normalized spacial score (nSPS) is 13.6. The van der Waals surface area contributed by atoms with Crippen LogP contribution in [0.5, 0.6) is 0 Å². The van der Waals surface area contributed by atoms with Crippen LogP contribution in [0.4, 0.5) is 17.6 Å². The number of hydrogen-bond donors (Lipinski definition) is 1. The molecular weight excluding hydrogens is 639 g/mol. The first kappa shape index (κ1) is 27.1. The maximum Gasteiger partial charge on any atom is 0.495 e. The van der Waals surface area contributed by atoms with E-state index in [1.54, 1.807) is 0 Å². The lowest BCUT2D eigenvalue weighted by atomic mass is 10.0. The smallest absolute Gasteiger partial charge is 0.326 e. The summed E-state index contributed by atoms with van der Waals surface area (Å²) < 4.78 is 55.8. The van der Waals surface area contributed by atoms with Gasteiger partial charge in [0.15, 0.2) is 0 Å². The molecular formula is C22H14BrCl2F4N6O4+. The van der Waals surface area contributed by atoms with Crippen LogP contribution in [-0.4, -0.2) is 48.8 Å². The summed E-state index contributed by atoms with van der Waals surface area (Å²) >= 11 is 15.4. The molecule has 1 aliphatic heterocycles. The van der Waals surface area contributed by atoms with E-state index in [-0.39, 0.29) is 57.9 Å². The zero-order chi connectivity index (χ0) is 28.2. The average Bonchev–Trinajstić information content (AvgIpc) is 3.36. The molecule has 1 N–H and O–H groups in total. The molecule has 3 aromatic heterocycles. The molecule has 1 aromatic carbocycles. The molecule has 4 heterocycles. The second kappa shape index (κ2) is 9.95. The minimum atomic E-state index is -5.27. The van der Waals surface area contributed by atoms with Gasteiger partial charge in [-0.05, 0) is 23.8 Å². The number of amides is 1. The second-order valence-corrected chi connectivity index (χ2v) is 9.89. The molecule has 0 fully saturated rings. The lowest BCUT2D eigenvalue weighted by Crippen LogP contribution is -2.53. The highest BCUT2D eigenvalue weighted by Crippen LogP contribution is 2.27. The third-order valence-electron chi connectivity index (χ3n) is 5.98. The molecule has 204 valence electrons. The number of carbonyl (C=O) groups excluding carboxylic acids is 2. The van der Waals surface area contributed by atoms with Gasteiger partial charge in [-0.1, -0.05) is 29.3 Å². The van der Waals surface area contributed by atoms with Gasteiger partial charge in [-0.2, -0.15) is 13.2 Å². The number of benzene rings is 1. The van der Waals surface area contributed by atoms with Crippen LogP contribution in [-0.2, 0) is 24.3 Å². The Balaban J connectivity index is 1.42. The van der Waals surface area contributed by atoms with Crippen molar-refractivity contribution in [3.8, 4) is 0 Å². The summed E-state index contributed by atoms with van der Waals surface area (Å²) in [7, 11) is 0. The van der Waals surface area contributed by atoms with Gasteiger partial charge in [0, 0.05) is 34.2 Å². The van der Waals surface area contributed by atoms with Crippen molar-refractivity contribution in [1.82, 2.24) is 24.2 Å². The fourth-order valence-electron chi connectivity index (χ4n) is 4.16. The van der Waals surface area contributed by atoms with E-state index in [0.717, 1.165) is 6.07 Å². The summed E-state index contributed by atoms with van der Waals surface area (Å²) in [6.07, 6.45) is -3.71. The predicted octanol–water partition coefficient (Wildman–Crippen LogP) is 3.08. The topological polar surface area (TPSA) is 106 Å². The van der Waals surface area contributed by atoms with Crippen LogP contribution in [0.3, 0.4) is 0 Å². The number of aromatic amines is 1. The standard InChI is InChI=1S/C22H13BrCl2F4N6O4/c23-21-31-35(39-20(38)22(27,28)29)16-9-32(3-4-33(16)21)19(37)12-6-10(1-2-14(12)26)5-11-8-30-18(36)15-7-13(24)17(25)34(11)15/h1-2,6-8H,3-5,9H2/p+1. The molecule has 10 nitrogen and oxygen atoms in total. The lowest BCUT2D eigenvalue weighted by molar-refractivity contribution is -0.722. The summed E-state index contributed by atoms with van der Waals surface area (Å²) in [5.41, 5.74) is 0.488. The Morgan fingerprint density at radius 2 is 1.97 bits per heavy atom. The molecule has 0 atom stereocenters. The molecule has 0 saturated carbocycles. The zero-order valence-electron chi connectivity index (χ0n) is 19.2. The van der Waals surface area contributed by atoms with Gasteiger partial charge in [0.2, 0.25) is 0 Å². The average molecular weight is 653 g/mol. The minimum Gasteiger partial charge on any atom is -0.326 e. The molecule has 1 aliphatic rings. The van der Waals surface area contributed by atoms with Crippen molar-refractivity contribution >= 4 is 56.5 Å². The quantitative estimate of drug-likeness (QED) is 0.270. The van der Waals surface area contributed by atoms with Gasteiger partial charge in [0.05, 0.1) is 33.6 Å². The first-order valence-electron chi connectivity index (χ1n) is 11.0. The highest BCUT2D eigenvalue weighted by atomic mass is 79.9. The monoisotopic (exact) mass is 651 g/mol. The highest BCUT2D eigenvalue weighted by Gasteiger charge is 2.45. The number of alkyl halides is 3. The molecule has 0 aliphatic carbocycles. The van der Waals surface area contributed by atoms with Gasteiger partial charge in [-0.25, -0.2) is 18.6 Å². The Morgan fingerprint density at radius 3 is 2.69 bits per heavy atom. The number of nitrogens with one attached hydrogen (secondary N) is 1. The molecule has 1 amide bonds. The summed E-state index contributed by atoms with van der Waals surface area (Å²) in [4.78, 5) is 45.2. The van der Waals surface area contributed by atoms with E-state index in [1.165, 1.54) is 38.3 Å². The minimum absolute atomic E-state index is 0.0506. The van der Waals surface area contributed by atoms with E-state index in [4.69, 9.17) is 23.2 Å². The van der Waals surface area contributed by atoms with Crippen LogP contribution in [0.15, 0.2) is 40.0 Å². The van der Waals surface area contributed by atoms with Crippen molar-refractivity contribution in [2.75, 3.05) is 6.54 Å². The van der Waals surface area contributed by atoms with E-state index < -0.39 is 29.4 Å². The molecule has 39 heavy (non-hydrogen) atoms. The second-order valence-electron chi connectivity index (χ2n) is 8.42. The van der Waals surface area contributed by atoms with Crippen LogP contribution >= 0.6 is 39.1 Å². The van der Waals surface area contributed by atoms with Crippen molar-refractivity contribution in [2.45, 2.75) is 25.7 Å². The van der Waals surface area contributed by atoms with E-state index in [0.29, 0.717) is 16.1 Å². The van der Waals surface area contributed by atoms with E-state index >= 15 is 0 Å². The largest absolute Gasteiger partial charge is 0.495 e. The zero-order valence-corrected chi connectivity index (χ0v) is 22.3. The third-order valence-corrected chi connectivity index (χ3v) is 7.32. The highest BCUT2D eigenvalue weighted by molar-refractivity contribution is 9.10. The van der Waals surface area contributed by atoms with Crippen LogP contribution in [0.25, 0.3) is 5.52 Å². The predicted molar refractivity (Wildman–Crippen MR) is 130 cm³/mol. The summed E-state index contributed by atoms with van der Waals surface area (Å²) in [5.74, 6) is -4.12. The van der Waals surface area contributed by atoms with Crippen LogP contribution in [0.1, 0.15) is 27.4 Å². The number of halogens is 7. The van der Waals surface area contributed by atoms with Gasteiger partial charge < -0.3 is 9.88 Å². The first-order valence-corrected chi connectivity index (χ1v) is 12.5. The third kappa shape index (κ3) is 5.01. The fourth-order valence-corrected chi connectivity index (χ4v) is 5.13. The fraction of sp³-hybridized carbons (Fsp3) is 0.227. The number of rotatable bonds is 4. The Morgan fingerprint density at radius 1 is 1.23 bits per heavy atom. The van der Waals surface area contributed by atoms with E-state index in [1.807, 2.05) is 0 Å². The number of nitrogens with zero attached hydrogens (tertiary/aromatic N) is 5. The number of fused-ring (bicyclic) bond motifs is 2. The van der Waals surface area contributed by atoms with E-state index in [2.05, 4.69) is 30.9 Å². The summed E-state index contributed by atoms with van der Waals surface area (Å²) in [6.45, 7) is -0.186. The Labute approximate surface area is 233 Å². The van der Waals surface area contributed by atoms with Crippen molar-refractivity contribution in [1.29, 1.82) is 0 Å². The number of H-pyrrole nitrogens is 1. The molecule has 0 spiro atoms. The SMILES string of the molecule is O=C(c1cc(Cc2c[nH]c(=O)c3cc(Cl)c(Cl)n23)ccc1F)N1CC[n+]2c(Br)nn(OC(=O)C(F)(F)F)c2C1. The van der Waals surface area contributed by atoms with E-state index in [9.17, 15) is 31.9 Å². The first-order chi connectivity index (χ1) is 18.3. The van der Waals surface area contributed by atoms with Gasteiger partial charge in [0.25, 0.3) is 11.5 Å². The number of carbonyl (C=O) groups is 2. The van der Waals surface area contributed by atoms with Crippen molar-refractivity contribution in [3.63, 3.8) is 0 Å². The van der Waals surface area contributed by atoms with Crippen LogP contribution in [0, 0.1) is 5.82 Å². The summed E-state index contributed by atoms with van der Waals surface area (Å²) in [5, 5.41) is 4.00.